The smallest absolute Gasteiger partial charge is 0.413 e. The molecular formula is C60H81FN8O16. The molecule has 8 N–H and O–H groups in total. The Kier molecular flexibility index (Phi) is 24.1. The molecule has 0 fully saturated rings. The minimum atomic E-state index is -2.05. The number of carbonyl (C=O) groups excluding carboxylic acids is 6. The Bertz CT molecular complexity index is 3070. The molecule has 0 radical (unpaired) electrons. The van der Waals surface area contributed by atoms with Crippen molar-refractivity contribution in [3.63, 3.8) is 0 Å². The van der Waals surface area contributed by atoms with E-state index >= 15 is 4.39 Å². The van der Waals surface area contributed by atoms with E-state index in [1.165, 1.54) is 34.9 Å². The van der Waals surface area contributed by atoms with Crippen molar-refractivity contribution in [1.82, 2.24) is 30.8 Å². The summed E-state index contributed by atoms with van der Waals surface area (Å²) in [5, 5.41) is 25.8. The van der Waals surface area contributed by atoms with Crippen LogP contribution < -0.4 is 42.6 Å². The van der Waals surface area contributed by atoms with Crippen molar-refractivity contribution in [2.45, 2.75) is 123 Å². The summed E-state index contributed by atoms with van der Waals surface area (Å²) in [5.74, 6) is -2.63. The number of nitrogens with zero attached hydrogens (tertiary/aromatic N) is 2. The highest BCUT2D eigenvalue weighted by molar-refractivity contribution is 5.99. The molecule has 0 bridgehead atoms. The molecule has 3 aliphatic rings. The lowest BCUT2D eigenvalue weighted by atomic mass is 9.81. The number of hydrogen-bond acceptors (Lipinski definition) is 17. The van der Waals surface area contributed by atoms with E-state index in [9.17, 15) is 38.7 Å². The molecule has 0 unspecified atom stereocenters. The van der Waals surface area contributed by atoms with Gasteiger partial charge in [0.25, 0.3) is 5.56 Å². The first kappa shape index (κ1) is 65.4. The number of rotatable bonds is 34. The van der Waals surface area contributed by atoms with Crippen LogP contribution in [0.3, 0.4) is 0 Å². The number of pyridine rings is 2. The van der Waals surface area contributed by atoms with Crippen LogP contribution in [0.2, 0.25) is 0 Å². The largest absolute Gasteiger partial charge is 0.458 e. The Hall–Kier alpha value is -7.13. The Morgan fingerprint density at radius 3 is 2.05 bits per heavy atom. The van der Waals surface area contributed by atoms with Crippen molar-refractivity contribution in [2.75, 3.05) is 91.1 Å². The van der Waals surface area contributed by atoms with E-state index in [0.717, 1.165) is 18.6 Å². The molecule has 6 amide bonds. The number of hydrogen-bond donors (Lipinski definition) is 7. The predicted octanol–water partition coefficient (Wildman–Crippen LogP) is 4.85. The number of aromatic nitrogens is 2. The molecule has 4 aromatic rings. The molecule has 464 valence electrons. The van der Waals surface area contributed by atoms with Gasteiger partial charge in [0, 0.05) is 47.8 Å². The van der Waals surface area contributed by atoms with Crippen LogP contribution >= 0.6 is 0 Å². The number of primary amides is 1. The minimum Gasteiger partial charge on any atom is -0.458 e. The maximum atomic E-state index is 15.5. The van der Waals surface area contributed by atoms with Gasteiger partial charge < -0.3 is 79.9 Å². The van der Waals surface area contributed by atoms with Gasteiger partial charge in [0.05, 0.1) is 108 Å². The Morgan fingerprint density at radius 1 is 0.824 bits per heavy atom. The molecule has 1 aliphatic carbocycles. The number of urea groups is 1. The number of ether oxygens (including phenoxy) is 8. The first-order valence-electron chi connectivity index (χ1n) is 29.1. The van der Waals surface area contributed by atoms with E-state index in [-0.39, 0.29) is 88.0 Å². The van der Waals surface area contributed by atoms with Crippen LogP contribution in [0.5, 0.6) is 5.75 Å². The fraction of sp³-hybridized carbons (Fsp3) is 0.567. The standard InChI is InChI=1S/C60H81FN8O16/c1-7-60(77)43-31-48-53-41(33-69(48)56(73)42(43)34-84-57(60)74)51-45(15-14-40-37(6)44(61)32-47(65-53)50(40)51)67-59(76)85-39-12-10-38(11-13-39)64-54(71)46(9-8-18-63-58(62)75)66-55(72)52(36(4)5)68-49(70)17-20-79-22-24-81-26-28-83-30-29-82-27-25-80-23-21-78-19-16-35(2)3/h10-13,31-32,35-36,45-46,52,77H,7-9,14-30,33-34H2,1-6H3,(H,64,71)(H,66,72)(H,67,76)(H,68,70)(H3,62,63,75)/t45-,46-,52-,60-/m0/s1. The van der Waals surface area contributed by atoms with Crippen LogP contribution in [0.1, 0.15) is 113 Å². The number of nitrogens with one attached hydrogen (secondary N) is 5. The van der Waals surface area contributed by atoms with E-state index in [1.807, 2.05) is 0 Å². The summed E-state index contributed by atoms with van der Waals surface area (Å²) in [4.78, 5) is 97.5. The van der Waals surface area contributed by atoms with Gasteiger partial charge in [-0.25, -0.2) is 23.8 Å². The van der Waals surface area contributed by atoms with Crippen molar-refractivity contribution < 1.29 is 76.2 Å². The van der Waals surface area contributed by atoms with Crippen LogP contribution in [-0.2, 0) is 77.5 Å². The summed E-state index contributed by atoms with van der Waals surface area (Å²) in [7, 11) is 0. The zero-order valence-electron chi connectivity index (χ0n) is 49.3. The number of benzene rings is 2. The first-order valence-corrected chi connectivity index (χ1v) is 29.1. The molecule has 85 heavy (non-hydrogen) atoms. The second kappa shape index (κ2) is 31.3. The summed E-state index contributed by atoms with van der Waals surface area (Å²) < 4.78 is 61.1. The van der Waals surface area contributed by atoms with E-state index in [2.05, 4.69) is 40.4 Å². The molecule has 4 heterocycles. The number of cyclic esters (lactones) is 1. The van der Waals surface area contributed by atoms with E-state index in [0.29, 0.717) is 116 Å². The van der Waals surface area contributed by atoms with Crippen LogP contribution in [0.15, 0.2) is 41.2 Å². The monoisotopic (exact) mass is 1190 g/mol. The highest BCUT2D eigenvalue weighted by Gasteiger charge is 2.46. The molecule has 25 heteroatoms. The molecule has 0 saturated carbocycles. The van der Waals surface area contributed by atoms with Gasteiger partial charge >= 0.3 is 18.1 Å². The molecule has 7 rings (SSSR count). The summed E-state index contributed by atoms with van der Waals surface area (Å²) in [5.41, 5.74) is 6.70. The first-order chi connectivity index (χ1) is 40.8. The van der Waals surface area contributed by atoms with Crippen molar-refractivity contribution in [3.8, 4) is 17.1 Å². The van der Waals surface area contributed by atoms with Gasteiger partial charge in [-0.3, -0.25) is 19.2 Å². The topological polar surface area (TPSA) is 318 Å². The average Bonchev–Trinajstić information content (AvgIpc) is 1.67. The molecular weight excluding hydrogens is 1110 g/mol. The lowest BCUT2D eigenvalue weighted by molar-refractivity contribution is -0.172. The third kappa shape index (κ3) is 17.3. The maximum Gasteiger partial charge on any atom is 0.413 e. The highest BCUT2D eigenvalue weighted by atomic mass is 19.1. The highest BCUT2D eigenvalue weighted by Crippen LogP contribution is 2.46. The molecule has 2 aliphatic heterocycles. The normalized spacial score (nSPS) is 16.5. The zero-order valence-corrected chi connectivity index (χ0v) is 49.3. The van der Waals surface area contributed by atoms with Gasteiger partial charge in [-0.15, -0.1) is 0 Å². The zero-order chi connectivity index (χ0) is 61.2. The van der Waals surface area contributed by atoms with Gasteiger partial charge in [0.15, 0.2) is 5.60 Å². The molecule has 0 spiro atoms. The van der Waals surface area contributed by atoms with E-state index in [4.69, 9.17) is 48.6 Å². The third-order valence-electron chi connectivity index (χ3n) is 15.0. The molecule has 2 aromatic carbocycles. The number of amides is 6. The molecule has 4 atom stereocenters. The summed E-state index contributed by atoms with van der Waals surface area (Å²) in [6, 6.07) is 5.24. The quantitative estimate of drug-likeness (QED) is 0.0214. The van der Waals surface area contributed by atoms with Crippen molar-refractivity contribution in [2.24, 2.45) is 17.6 Å². The van der Waals surface area contributed by atoms with E-state index < -0.39 is 70.9 Å². The lowest BCUT2D eigenvalue weighted by Gasteiger charge is -2.31. The number of nitrogens with two attached hydrogens (primary N) is 1. The van der Waals surface area contributed by atoms with Gasteiger partial charge in [-0.05, 0) is 104 Å². The molecule has 24 nitrogen and oxygen atoms in total. The van der Waals surface area contributed by atoms with Gasteiger partial charge in [0.2, 0.25) is 17.7 Å². The van der Waals surface area contributed by atoms with Gasteiger partial charge in [-0.2, -0.15) is 0 Å². The number of anilines is 1. The van der Waals surface area contributed by atoms with Crippen LogP contribution in [-0.4, -0.2) is 148 Å². The number of halogens is 1. The number of carbonyl (C=O) groups is 6. The number of fused-ring (bicyclic) bond motifs is 5. The Labute approximate surface area is 493 Å². The fourth-order valence-corrected chi connectivity index (χ4v) is 10.3. The predicted molar refractivity (Wildman–Crippen MR) is 309 cm³/mol. The molecule has 2 aromatic heterocycles. The second-order valence-electron chi connectivity index (χ2n) is 21.8. The SMILES string of the molecule is CC[C@@]1(O)C(=O)OCc2c1cc1n(c2=O)Cc2c-1nc1cc(F)c(C)c3c1c2[C@@H](NC(=O)Oc1ccc(NC(=O)[C@H](CCCNC(N)=O)NC(=O)[C@@H](NC(=O)CCOCCOCCOCCOCCOCCOCCC(C)C)C(C)C)cc1)CC3. The van der Waals surface area contributed by atoms with Crippen molar-refractivity contribution in [3.05, 3.63) is 85.9 Å². The second-order valence-corrected chi connectivity index (χ2v) is 21.8. The summed E-state index contributed by atoms with van der Waals surface area (Å²) in [6.45, 7) is 15.9. The van der Waals surface area contributed by atoms with E-state index in [1.54, 1.807) is 33.8 Å². The van der Waals surface area contributed by atoms with Crippen LogP contribution in [0.4, 0.5) is 19.7 Å². The average molecular weight is 1190 g/mol. The van der Waals surface area contributed by atoms with Crippen LogP contribution in [0.25, 0.3) is 22.3 Å². The third-order valence-corrected chi connectivity index (χ3v) is 15.0. The number of aliphatic hydroxyl groups is 1. The van der Waals surface area contributed by atoms with Gasteiger partial charge in [0.1, 0.15) is 30.3 Å². The number of aryl methyl sites for hydroxylation is 1. The van der Waals surface area contributed by atoms with Crippen LogP contribution in [0, 0.1) is 24.6 Å². The van der Waals surface area contributed by atoms with Crippen molar-refractivity contribution in [1.29, 1.82) is 0 Å². The van der Waals surface area contributed by atoms with Crippen molar-refractivity contribution >= 4 is 52.4 Å². The Balaban J connectivity index is 0.879. The summed E-state index contributed by atoms with van der Waals surface area (Å²) >= 11 is 0. The maximum absolute atomic E-state index is 15.5. The Morgan fingerprint density at radius 2 is 1.45 bits per heavy atom. The number of esters is 1. The fourth-order valence-electron chi connectivity index (χ4n) is 10.3. The lowest BCUT2D eigenvalue weighted by Crippen LogP contribution is -2.54. The molecule has 0 saturated heterocycles. The van der Waals surface area contributed by atoms with Gasteiger partial charge in [-0.1, -0.05) is 34.6 Å². The minimum absolute atomic E-state index is 0.0390. The summed E-state index contributed by atoms with van der Waals surface area (Å²) in [6.07, 6.45) is 1.19.